The lowest BCUT2D eigenvalue weighted by atomic mass is 10.0. The molecule has 0 saturated carbocycles. The quantitative estimate of drug-likeness (QED) is 0.278. The van der Waals surface area contributed by atoms with E-state index in [2.05, 4.69) is 5.32 Å². The number of unbranched alkanes of at least 4 members (excludes halogenated alkanes) is 1. The van der Waals surface area contributed by atoms with Gasteiger partial charge in [-0.15, -0.1) is 0 Å². The zero-order valence-corrected chi connectivity index (χ0v) is 24.7. The van der Waals surface area contributed by atoms with E-state index in [0.29, 0.717) is 31.6 Å². The summed E-state index contributed by atoms with van der Waals surface area (Å²) >= 11 is 0. The molecule has 0 radical (unpaired) electrons. The molecular formula is C26H45NO7S2. The maximum absolute atomic E-state index is 13.3. The number of sulfone groups is 2. The van der Waals surface area contributed by atoms with Crippen LogP contribution in [0.2, 0.25) is 0 Å². The number of esters is 1. The Morgan fingerprint density at radius 2 is 1.53 bits per heavy atom. The van der Waals surface area contributed by atoms with E-state index in [0.717, 1.165) is 12.8 Å². The monoisotopic (exact) mass is 547 g/mol. The van der Waals surface area contributed by atoms with Gasteiger partial charge in [0.1, 0.15) is 0 Å². The van der Waals surface area contributed by atoms with Crippen molar-refractivity contribution in [2.75, 3.05) is 19.7 Å². The lowest BCUT2D eigenvalue weighted by molar-refractivity contribution is -0.149. The predicted molar refractivity (Wildman–Crippen MR) is 142 cm³/mol. The number of aliphatic hydroxyl groups excluding tert-OH is 1. The molecule has 10 heteroatoms. The predicted octanol–water partition coefficient (Wildman–Crippen LogP) is 4.21. The first-order valence-corrected chi connectivity index (χ1v) is 15.6. The molecule has 2 unspecified atom stereocenters. The number of hydrogen-bond acceptors (Lipinski definition) is 8. The lowest BCUT2D eigenvalue weighted by Gasteiger charge is -2.26. The van der Waals surface area contributed by atoms with Gasteiger partial charge in [0.25, 0.3) is 0 Å². The molecule has 0 spiro atoms. The standard InChI is InChI=1S/C26H45NO7S2/c1-9-11-16-34-24(29)19(10-2)14-15-27-18-21(28)20-12-13-22(35(30,31)25(3,4)5)23(17-20)36(32,33)26(6,7)8/h12-13,17,19,21,27-28H,9-11,14-16,18H2,1-8H3. The van der Waals surface area contributed by atoms with Crippen LogP contribution in [0.4, 0.5) is 0 Å². The molecule has 0 aliphatic carbocycles. The van der Waals surface area contributed by atoms with Crippen molar-refractivity contribution in [3.63, 3.8) is 0 Å². The molecule has 0 heterocycles. The molecule has 1 aromatic rings. The molecule has 0 aromatic heterocycles. The maximum Gasteiger partial charge on any atom is 0.308 e. The number of aliphatic hydroxyl groups is 1. The van der Waals surface area contributed by atoms with Gasteiger partial charge in [0, 0.05) is 6.54 Å². The molecule has 0 aliphatic rings. The number of carbonyl (C=O) groups excluding carboxylic acids is 1. The summed E-state index contributed by atoms with van der Waals surface area (Å²) in [5, 5.41) is 13.8. The summed E-state index contributed by atoms with van der Waals surface area (Å²) in [5.41, 5.74) is 0.296. The number of nitrogens with one attached hydrogen (secondary N) is 1. The first-order chi connectivity index (χ1) is 16.4. The molecule has 0 aliphatic heterocycles. The summed E-state index contributed by atoms with van der Waals surface area (Å²) in [6, 6.07) is 4.00. The minimum Gasteiger partial charge on any atom is -0.465 e. The molecule has 0 bridgehead atoms. The van der Waals surface area contributed by atoms with Crippen molar-refractivity contribution in [3.05, 3.63) is 23.8 Å². The minimum atomic E-state index is -4.03. The Balaban J connectivity index is 3.09. The van der Waals surface area contributed by atoms with Crippen molar-refractivity contribution < 1.29 is 31.5 Å². The number of rotatable bonds is 13. The van der Waals surface area contributed by atoms with E-state index < -0.39 is 35.3 Å². The van der Waals surface area contributed by atoms with Crippen molar-refractivity contribution in [2.24, 2.45) is 5.92 Å². The molecule has 1 aromatic carbocycles. The van der Waals surface area contributed by atoms with Crippen LogP contribution in [-0.2, 0) is 29.2 Å². The molecule has 0 amide bonds. The van der Waals surface area contributed by atoms with Crippen LogP contribution < -0.4 is 5.32 Å². The van der Waals surface area contributed by atoms with E-state index >= 15 is 0 Å². The van der Waals surface area contributed by atoms with Crippen LogP contribution in [0, 0.1) is 5.92 Å². The highest BCUT2D eigenvalue weighted by Crippen LogP contribution is 2.36. The van der Waals surface area contributed by atoms with Gasteiger partial charge in [-0.2, -0.15) is 0 Å². The highest BCUT2D eigenvalue weighted by Gasteiger charge is 2.40. The second-order valence-electron chi connectivity index (χ2n) is 11.1. The molecule has 8 nitrogen and oxygen atoms in total. The van der Waals surface area contributed by atoms with Crippen molar-refractivity contribution in [1.29, 1.82) is 0 Å². The van der Waals surface area contributed by atoms with Crippen LogP contribution in [0.25, 0.3) is 0 Å². The van der Waals surface area contributed by atoms with Crippen LogP contribution in [0.1, 0.15) is 92.7 Å². The summed E-state index contributed by atoms with van der Waals surface area (Å²) < 4.78 is 55.9. The van der Waals surface area contributed by atoms with Gasteiger partial charge in [-0.1, -0.05) is 26.3 Å². The number of benzene rings is 1. The highest BCUT2D eigenvalue weighted by atomic mass is 32.2. The van der Waals surface area contributed by atoms with E-state index in [-0.39, 0.29) is 28.2 Å². The van der Waals surface area contributed by atoms with Crippen LogP contribution in [0.5, 0.6) is 0 Å². The summed E-state index contributed by atoms with van der Waals surface area (Å²) in [6.07, 6.45) is 1.90. The normalized spacial score (nSPS) is 14.9. The Morgan fingerprint density at radius 3 is 2.03 bits per heavy atom. The highest BCUT2D eigenvalue weighted by molar-refractivity contribution is 7.95. The van der Waals surface area contributed by atoms with Gasteiger partial charge in [-0.25, -0.2) is 16.8 Å². The third-order valence-corrected chi connectivity index (χ3v) is 11.3. The first kappa shape index (κ1) is 32.5. The second kappa shape index (κ2) is 12.8. The van der Waals surface area contributed by atoms with Crippen LogP contribution in [-0.4, -0.2) is 57.1 Å². The Bertz CT molecular complexity index is 1080. The topological polar surface area (TPSA) is 127 Å². The summed E-state index contributed by atoms with van der Waals surface area (Å²) in [5.74, 6) is -0.460. The third-order valence-electron chi connectivity index (χ3n) is 6.12. The fourth-order valence-electron chi connectivity index (χ4n) is 3.38. The van der Waals surface area contributed by atoms with Crippen molar-refractivity contribution in [1.82, 2.24) is 5.32 Å². The van der Waals surface area contributed by atoms with Gasteiger partial charge in [-0.05, 0) is 85.0 Å². The van der Waals surface area contributed by atoms with Crippen molar-refractivity contribution in [3.8, 4) is 0 Å². The SMILES string of the molecule is CCCCOC(=O)C(CC)CCNCC(O)c1ccc(S(=O)(=O)C(C)(C)C)c(S(=O)(=O)C(C)(C)C)c1. The van der Waals surface area contributed by atoms with Gasteiger partial charge in [-0.3, -0.25) is 4.79 Å². The molecule has 2 N–H and O–H groups in total. The number of carbonyl (C=O) groups is 1. The van der Waals surface area contributed by atoms with E-state index in [1.54, 1.807) is 0 Å². The smallest absolute Gasteiger partial charge is 0.308 e. The summed E-state index contributed by atoms with van der Waals surface area (Å²) in [6.45, 7) is 14.0. The van der Waals surface area contributed by atoms with Gasteiger partial charge in [0.15, 0.2) is 19.7 Å². The van der Waals surface area contributed by atoms with Crippen molar-refractivity contribution in [2.45, 2.75) is 106 Å². The fourth-order valence-corrected chi connectivity index (χ4v) is 6.55. The second-order valence-corrected chi connectivity index (χ2v) is 16.4. The first-order valence-electron chi connectivity index (χ1n) is 12.6. The Morgan fingerprint density at radius 1 is 0.972 bits per heavy atom. The fraction of sp³-hybridized carbons (Fsp3) is 0.731. The minimum absolute atomic E-state index is 0.113. The van der Waals surface area contributed by atoms with Crippen LogP contribution in [0.3, 0.4) is 0 Å². The van der Waals surface area contributed by atoms with E-state index in [9.17, 15) is 26.7 Å². The molecule has 0 fully saturated rings. The lowest BCUT2D eigenvalue weighted by Crippen LogP contribution is -2.33. The Labute approximate surface area is 218 Å². The largest absolute Gasteiger partial charge is 0.465 e. The number of ether oxygens (including phenoxy) is 1. The molecule has 2 atom stereocenters. The van der Waals surface area contributed by atoms with Crippen LogP contribution >= 0.6 is 0 Å². The molecular weight excluding hydrogens is 502 g/mol. The van der Waals surface area contributed by atoms with Gasteiger partial charge in [0.05, 0.1) is 37.9 Å². The summed E-state index contributed by atoms with van der Waals surface area (Å²) in [7, 11) is -7.99. The molecule has 208 valence electrons. The molecule has 36 heavy (non-hydrogen) atoms. The van der Waals surface area contributed by atoms with Gasteiger partial charge in [0.2, 0.25) is 0 Å². The van der Waals surface area contributed by atoms with Crippen molar-refractivity contribution >= 4 is 25.6 Å². The average Bonchev–Trinajstić information content (AvgIpc) is 2.77. The van der Waals surface area contributed by atoms with Crippen LogP contribution in [0.15, 0.2) is 28.0 Å². The van der Waals surface area contributed by atoms with E-state index in [1.165, 1.54) is 59.7 Å². The van der Waals surface area contributed by atoms with E-state index in [1.807, 2.05) is 13.8 Å². The molecule has 1 rings (SSSR count). The number of hydrogen-bond donors (Lipinski definition) is 2. The Kier molecular flexibility index (Phi) is 11.6. The zero-order chi connectivity index (χ0) is 27.9. The van der Waals surface area contributed by atoms with Gasteiger partial charge >= 0.3 is 5.97 Å². The average molecular weight is 548 g/mol. The van der Waals surface area contributed by atoms with E-state index in [4.69, 9.17) is 4.74 Å². The van der Waals surface area contributed by atoms with Gasteiger partial charge < -0.3 is 15.2 Å². The third kappa shape index (κ3) is 8.00. The maximum atomic E-state index is 13.3. The zero-order valence-electron chi connectivity index (χ0n) is 23.0. The summed E-state index contributed by atoms with van der Waals surface area (Å²) in [4.78, 5) is 11.6. The molecule has 0 saturated heterocycles. The Hall–Kier alpha value is -1.49.